The van der Waals surface area contributed by atoms with E-state index >= 15 is 0 Å². The molecule has 0 saturated carbocycles. The second-order valence-electron chi connectivity index (χ2n) is 30.6. The molecule has 458 valence electrons. The highest BCUT2D eigenvalue weighted by atomic mass is 15.2. The van der Waals surface area contributed by atoms with Crippen LogP contribution in [0.4, 0.5) is 34.1 Å². The number of hydrogen-bond acceptors (Lipinski definition) is 2. The molecule has 13 aromatic carbocycles. The van der Waals surface area contributed by atoms with E-state index in [2.05, 4.69) is 356 Å². The summed E-state index contributed by atoms with van der Waals surface area (Å²) in [4.78, 5) is 5.12. The van der Waals surface area contributed by atoms with Crippen molar-refractivity contribution in [2.24, 2.45) is 0 Å². The van der Waals surface area contributed by atoms with Crippen molar-refractivity contribution in [2.75, 3.05) is 9.80 Å². The molecule has 17 rings (SSSR count). The predicted molar refractivity (Wildman–Crippen MR) is 406 cm³/mol. The first kappa shape index (κ1) is 57.5. The molecule has 0 radical (unpaired) electrons. The predicted octanol–water partition coefficient (Wildman–Crippen LogP) is 25.8. The SMILES string of the molecule is CC(C)(C)c1ccc(N(c2ccccc2-c2cccc3ccccc23)c2ccc3c4cc5c(cc4n4c6ccc(C(C)(C)C)cc6c2c34)c2ccc(N(c3ccc(C(C)(C)C)cc3)c3ccccc3-c3cccc4ccccc34)c3c4cc(C(C)(C)C)ccc4n5c23)cc1. The fourth-order valence-electron chi connectivity index (χ4n) is 15.6. The fourth-order valence-corrected chi connectivity index (χ4v) is 15.6. The normalized spacial score (nSPS) is 12.9. The van der Waals surface area contributed by atoms with E-state index in [9.17, 15) is 0 Å². The number of aromatic nitrogens is 2. The Morgan fingerprint density at radius 1 is 0.234 bits per heavy atom. The van der Waals surface area contributed by atoms with Crippen LogP contribution < -0.4 is 9.80 Å². The molecule has 4 heterocycles. The minimum Gasteiger partial charge on any atom is -0.309 e. The highest BCUT2D eigenvalue weighted by Gasteiger charge is 2.32. The van der Waals surface area contributed by atoms with Gasteiger partial charge < -0.3 is 18.6 Å². The Hall–Kier alpha value is -10.4. The summed E-state index contributed by atoms with van der Waals surface area (Å²) in [6.45, 7) is 27.9. The van der Waals surface area contributed by atoms with E-state index in [0.717, 1.165) is 34.1 Å². The summed E-state index contributed by atoms with van der Waals surface area (Å²) in [6, 6.07) is 97.3. The zero-order chi connectivity index (χ0) is 64.5. The molecule has 0 aliphatic rings. The largest absolute Gasteiger partial charge is 0.309 e. The molecule has 0 aliphatic heterocycles. The van der Waals surface area contributed by atoms with E-state index in [1.165, 1.54) is 142 Å². The molecular formula is C90H78N4. The van der Waals surface area contributed by atoms with E-state index < -0.39 is 0 Å². The molecule has 94 heavy (non-hydrogen) atoms. The summed E-state index contributed by atoms with van der Waals surface area (Å²) in [5.41, 5.74) is 23.9. The third-order valence-corrected chi connectivity index (χ3v) is 20.6. The number of nitrogens with zero attached hydrogens (tertiary/aromatic N) is 4. The van der Waals surface area contributed by atoms with Crippen LogP contribution in [0, 0.1) is 0 Å². The lowest BCUT2D eigenvalue weighted by Crippen LogP contribution is -2.14. The van der Waals surface area contributed by atoms with Crippen LogP contribution >= 0.6 is 0 Å². The average Bonchev–Trinajstić information content (AvgIpc) is 1.51. The smallest absolute Gasteiger partial charge is 0.0641 e. The van der Waals surface area contributed by atoms with Gasteiger partial charge in [-0.3, -0.25) is 0 Å². The van der Waals surface area contributed by atoms with Gasteiger partial charge in [-0.25, -0.2) is 0 Å². The molecule has 0 amide bonds. The van der Waals surface area contributed by atoms with Gasteiger partial charge in [0.15, 0.2) is 0 Å². The molecule has 0 bridgehead atoms. The van der Waals surface area contributed by atoms with Gasteiger partial charge >= 0.3 is 0 Å². The van der Waals surface area contributed by atoms with Gasteiger partial charge in [0, 0.05) is 65.6 Å². The lowest BCUT2D eigenvalue weighted by atomic mass is 9.86. The second kappa shape index (κ2) is 20.5. The molecule has 4 heteroatoms. The van der Waals surface area contributed by atoms with Crippen molar-refractivity contribution in [3.63, 3.8) is 0 Å². The molecule has 0 N–H and O–H groups in total. The summed E-state index contributed by atoms with van der Waals surface area (Å²) in [5.74, 6) is 0. The van der Waals surface area contributed by atoms with Gasteiger partial charge in [-0.1, -0.05) is 253 Å². The van der Waals surface area contributed by atoms with E-state index in [-0.39, 0.29) is 21.7 Å². The summed E-state index contributed by atoms with van der Waals surface area (Å²) in [7, 11) is 0. The molecular weight excluding hydrogens is 1140 g/mol. The Morgan fingerprint density at radius 2 is 0.574 bits per heavy atom. The summed E-state index contributed by atoms with van der Waals surface area (Å²) < 4.78 is 5.23. The minimum atomic E-state index is -0.0858. The third-order valence-electron chi connectivity index (χ3n) is 20.6. The third kappa shape index (κ3) is 8.78. The number of hydrogen-bond donors (Lipinski definition) is 0. The number of benzene rings is 13. The van der Waals surface area contributed by atoms with Crippen LogP contribution in [0.2, 0.25) is 0 Å². The highest BCUT2D eigenvalue weighted by molar-refractivity contribution is 6.32. The Morgan fingerprint density at radius 3 is 0.968 bits per heavy atom. The topological polar surface area (TPSA) is 15.3 Å². The summed E-state index contributed by atoms with van der Waals surface area (Å²) in [5, 5.41) is 14.9. The van der Waals surface area contributed by atoms with Crippen molar-refractivity contribution in [1.29, 1.82) is 0 Å². The van der Waals surface area contributed by atoms with E-state index in [4.69, 9.17) is 0 Å². The lowest BCUT2D eigenvalue weighted by Gasteiger charge is -2.30. The van der Waals surface area contributed by atoms with Crippen LogP contribution in [-0.2, 0) is 21.7 Å². The zero-order valence-electron chi connectivity index (χ0n) is 56.0. The number of para-hydroxylation sites is 2. The maximum Gasteiger partial charge on any atom is 0.0641 e. The molecule has 0 atom stereocenters. The molecule has 0 saturated heterocycles. The van der Waals surface area contributed by atoms with Crippen LogP contribution in [0.3, 0.4) is 0 Å². The molecule has 4 aromatic heterocycles. The standard InChI is InChI=1S/C90H78N4/c1-87(2,3)57-35-41-61(42-36-57)91(75-33-19-17-29-67(75)65-31-21-25-55-23-13-15-27-63(55)65)79-49-45-69-71-53-82-72(54-81(71)93-77-47-39-59(89(7,8)9)51-73(77)83(79)85(69)93)70-46-50-80(84-74-52-60(90(10,11)12)40-48-78(74)94(82)86(70)84)92(62-43-37-58(38-44-62)88(4,5)6)76-34-20-18-30-68(76)66-32-22-26-56-24-14-16-28-64(56)66/h13-54H,1-12H3. The van der Waals surface area contributed by atoms with Gasteiger partial charge in [0.05, 0.1) is 55.8 Å². The quantitative estimate of drug-likeness (QED) is 0.151. The number of anilines is 6. The lowest BCUT2D eigenvalue weighted by molar-refractivity contribution is 0.590. The maximum atomic E-state index is 2.61. The first-order valence-corrected chi connectivity index (χ1v) is 33.6. The molecule has 0 aliphatic carbocycles. The van der Waals surface area contributed by atoms with Crippen molar-refractivity contribution < 1.29 is 0 Å². The van der Waals surface area contributed by atoms with Crippen LogP contribution in [-0.4, -0.2) is 8.80 Å². The Kier molecular flexibility index (Phi) is 12.6. The molecule has 0 unspecified atom stereocenters. The van der Waals surface area contributed by atoms with Crippen molar-refractivity contribution in [3.05, 3.63) is 277 Å². The maximum absolute atomic E-state index is 2.61. The summed E-state index contributed by atoms with van der Waals surface area (Å²) in [6.07, 6.45) is 0. The monoisotopic (exact) mass is 1210 g/mol. The van der Waals surface area contributed by atoms with Crippen molar-refractivity contribution in [2.45, 2.75) is 105 Å². The van der Waals surface area contributed by atoms with E-state index in [1.54, 1.807) is 0 Å². The van der Waals surface area contributed by atoms with Crippen molar-refractivity contribution >= 4 is 132 Å². The second-order valence-corrected chi connectivity index (χ2v) is 30.6. The minimum absolute atomic E-state index is 0.0122. The highest BCUT2D eigenvalue weighted by Crippen LogP contribution is 2.54. The molecule has 4 nitrogen and oxygen atoms in total. The van der Waals surface area contributed by atoms with Crippen molar-refractivity contribution in [3.8, 4) is 22.3 Å². The first-order valence-electron chi connectivity index (χ1n) is 33.6. The van der Waals surface area contributed by atoms with E-state index in [1.807, 2.05) is 0 Å². The Bertz CT molecular complexity index is 5510. The van der Waals surface area contributed by atoms with Gasteiger partial charge in [-0.05, 0) is 162 Å². The van der Waals surface area contributed by atoms with Gasteiger partial charge in [0.25, 0.3) is 0 Å². The number of fused-ring (bicyclic) bond motifs is 14. The molecule has 0 spiro atoms. The van der Waals surface area contributed by atoms with Crippen LogP contribution in [0.25, 0.3) is 120 Å². The Balaban J connectivity index is 0.961. The average molecular weight is 1220 g/mol. The van der Waals surface area contributed by atoms with Gasteiger partial charge in [0.2, 0.25) is 0 Å². The Labute approximate surface area is 551 Å². The van der Waals surface area contributed by atoms with Crippen LogP contribution in [0.1, 0.15) is 105 Å². The van der Waals surface area contributed by atoms with Crippen molar-refractivity contribution in [1.82, 2.24) is 8.80 Å². The van der Waals surface area contributed by atoms with Gasteiger partial charge in [0.1, 0.15) is 0 Å². The molecule has 17 aromatic rings. The van der Waals surface area contributed by atoms with Crippen LogP contribution in [0.15, 0.2) is 255 Å². The van der Waals surface area contributed by atoms with Gasteiger partial charge in [-0.15, -0.1) is 0 Å². The van der Waals surface area contributed by atoms with E-state index in [0.29, 0.717) is 0 Å². The zero-order valence-corrected chi connectivity index (χ0v) is 56.0. The number of rotatable bonds is 8. The van der Waals surface area contributed by atoms with Crippen LogP contribution in [0.5, 0.6) is 0 Å². The summed E-state index contributed by atoms with van der Waals surface area (Å²) >= 11 is 0. The van der Waals surface area contributed by atoms with Gasteiger partial charge in [-0.2, -0.15) is 0 Å². The molecule has 0 fully saturated rings. The first-order chi connectivity index (χ1) is 45.2. The fraction of sp³-hybridized carbons (Fsp3) is 0.178.